The first kappa shape index (κ1) is 9.54. The average molecular weight is 181 g/mol. The van der Waals surface area contributed by atoms with Crippen molar-refractivity contribution in [3.63, 3.8) is 0 Å². The number of rotatable bonds is 4. The summed E-state index contributed by atoms with van der Waals surface area (Å²) in [5.74, 6) is -0.965. The SMILES string of the molecule is COC/C(=C\C(=O)O)c1cc[nH]c1. The maximum absolute atomic E-state index is 10.4. The molecule has 0 radical (unpaired) electrons. The van der Waals surface area contributed by atoms with Crippen LogP contribution in [0.3, 0.4) is 0 Å². The third-order valence-electron chi connectivity index (χ3n) is 1.57. The summed E-state index contributed by atoms with van der Waals surface area (Å²) in [6.07, 6.45) is 4.61. The first-order valence-corrected chi connectivity index (χ1v) is 3.79. The number of aromatic nitrogens is 1. The third-order valence-corrected chi connectivity index (χ3v) is 1.57. The molecule has 0 saturated heterocycles. The minimum absolute atomic E-state index is 0.296. The molecule has 0 aromatic carbocycles. The van der Waals surface area contributed by atoms with Gasteiger partial charge in [0.25, 0.3) is 0 Å². The van der Waals surface area contributed by atoms with E-state index in [2.05, 4.69) is 4.98 Å². The molecule has 0 aliphatic heterocycles. The molecular formula is C9H11NO3. The molecule has 1 heterocycles. The number of H-pyrrole nitrogens is 1. The Morgan fingerprint density at radius 2 is 2.54 bits per heavy atom. The smallest absolute Gasteiger partial charge is 0.328 e. The van der Waals surface area contributed by atoms with E-state index in [-0.39, 0.29) is 0 Å². The van der Waals surface area contributed by atoms with Gasteiger partial charge >= 0.3 is 5.97 Å². The zero-order valence-corrected chi connectivity index (χ0v) is 7.28. The Labute approximate surface area is 75.8 Å². The third kappa shape index (κ3) is 2.76. The van der Waals surface area contributed by atoms with Crippen LogP contribution < -0.4 is 0 Å². The van der Waals surface area contributed by atoms with Crippen molar-refractivity contribution in [2.24, 2.45) is 0 Å². The van der Waals surface area contributed by atoms with Crippen LogP contribution in [0.5, 0.6) is 0 Å². The van der Waals surface area contributed by atoms with Crippen molar-refractivity contribution in [1.29, 1.82) is 0 Å². The van der Waals surface area contributed by atoms with Crippen LogP contribution in [0.1, 0.15) is 5.56 Å². The first-order chi connectivity index (χ1) is 6.24. The number of ether oxygens (including phenoxy) is 1. The van der Waals surface area contributed by atoms with Gasteiger partial charge in [-0.3, -0.25) is 0 Å². The molecule has 13 heavy (non-hydrogen) atoms. The minimum atomic E-state index is -0.965. The summed E-state index contributed by atoms with van der Waals surface area (Å²) in [7, 11) is 1.53. The fourth-order valence-corrected chi connectivity index (χ4v) is 1.04. The molecule has 70 valence electrons. The Morgan fingerprint density at radius 3 is 3.00 bits per heavy atom. The molecule has 0 bridgehead atoms. The van der Waals surface area contributed by atoms with Gasteiger partial charge in [0.1, 0.15) is 0 Å². The molecule has 0 fully saturated rings. The van der Waals surface area contributed by atoms with Gasteiger partial charge in [-0.25, -0.2) is 4.79 Å². The van der Waals surface area contributed by atoms with Crippen LogP contribution in [0.4, 0.5) is 0 Å². The van der Waals surface area contributed by atoms with Gasteiger partial charge in [-0.2, -0.15) is 0 Å². The lowest BCUT2D eigenvalue weighted by atomic mass is 10.1. The van der Waals surface area contributed by atoms with Gasteiger partial charge in [-0.05, 0) is 17.2 Å². The zero-order chi connectivity index (χ0) is 9.68. The molecule has 4 nitrogen and oxygen atoms in total. The topological polar surface area (TPSA) is 62.3 Å². The lowest BCUT2D eigenvalue weighted by Gasteiger charge is -2.01. The summed E-state index contributed by atoms with van der Waals surface area (Å²) in [5.41, 5.74) is 1.49. The van der Waals surface area contributed by atoms with Crippen molar-refractivity contribution in [1.82, 2.24) is 4.98 Å². The van der Waals surface area contributed by atoms with Crippen molar-refractivity contribution < 1.29 is 14.6 Å². The van der Waals surface area contributed by atoms with E-state index in [9.17, 15) is 4.79 Å². The number of hydrogen-bond acceptors (Lipinski definition) is 2. The van der Waals surface area contributed by atoms with E-state index in [1.807, 2.05) is 0 Å². The van der Waals surface area contributed by atoms with Crippen LogP contribution in [-0.4, -0.2) is 29.8 Å². The van der Waals surface area contributed by atoms with Crippen molar-refractivity contribution in [2.75, 3.05) is 13.7 Å². The molecule has 0 spiro atoms. The number of carbonyl (C=O) groups is 1. The first-order valence-electron chi connectivity index (χ1n) is 3.79. The van der Waals surface area contributed by atoms with E-state index < -0.39 is 5.97 Å². The maximum Gasteiger partial charge on any atom is 0.328 e. The fraction of sp³-hybridized carbons (Fsp3) is 0.222. The van der Waals surface area contributed by atoms with Crippen molar-refractivity contribution in [3.05, 3.63) is 30.1 Å². The minimum Gasteiger partial charge on any atom is -0.478 e. The number of hydrogen-bond donors (Lipinski definition) is 2. The molecule has 0 aliphatic carbocycles. The summed E-state index contributed by atoms with van der Waals surface area (Å²) in [6.45, 7) is 0.296. The Balaban J connectivity index is 2.86. The summed E-state index contributed by atoms with van der Waals surface area (Å²) in [5, 5.41) is 8.57. The van der Waals surface area contributed by atoms with E-state index in [1.165, 1.54) is 7.11 Å². The van der Waals surface area contributed by atoms with Crippen molar-refractivity contribution in [2.45, 2.75) is 0 Å². The molecule has 0 atom stereocenters. The highest BCUT2D eigenvalue weighted by Crippen LogP contribution is 2.13. The number of aliphatic carboxylic acids is 1. The second-order valence-electron chi connectivity index (χ2n) is 2.54. The van der Waals surface area contributed by atoms with Gasteiger partial charge in [0.05, 0.1) is 6.61 Å². The van der Waals surface area contributed by atoms with Gasteiger partial charge in [-0.15, -0.1) is 0 Å². The fourth-order valence-electron chi connectivity index (χ4n) is 1.04. The monoisotopic (exact) mass is 181 g/mol. The van der Waals surface area contributed by atoms with Crippen molar-refractivity contribution in [3.8, 4) is 0 Å². The Bertz CT molecular complexity index is 301. The number of methoxy groups -OCH3 is 1. The van der Waals surface area contributed by atoms with Gasteiger partial charge in [0.15, 0.2) is 0 Å². The van der Waals surface area contributed by atoms with Crippen LogP contribution >= 0.6 is 0 Å². The van der Waals surface area contributed by atoms with Gasteiger partial charge in [0.2, 0.25) is 0 Å². The lowest BCUT2D eigenvalue weighted by Crippen LogP contribution is -1.97. The number of nitrogens with one attached hydrogen (secondary N) is 1. The number of carboxylic acid groups (broad SMARTS) is 1. The standard InChI is InChI=1S/C9H11NO3/c1-13-6-8(4-9(11)12)7-2-3-10-5-7/h2-5,10H,6H2,1H3,(H,11,12)/b8-4+. The highest BCUT2D eigenvalue weighted by atomic mass is 16.5. The number of carboxylic acids is 1. The molecule has 2 N–H and O–H groups in total. The molecule has 1 rings (SSSR count). The quantitative estimate of drug-likeness (QED) is 0.684. The Kier molecular flexibility index (Phi) is 3.28. The van der Waals surface area contributed by atoms with E-state index in [4.69, 9.17) is 9.84 Å². The number of aromatic amines is 1. The van der Waals surface area contributed by atoms with Gasteiger partial charge in [0, 0.05) is 25.6 Å². The van der Waals surface area contributed by atoms with Crippen LogP contribution in [0.15, 0.2) is 24.5 Å². The van der Waals surface area contributed by atoms with Crippen molar-refractivity contribution >= 4 is 11.5 Å². The predicted octanol–water partition coefficient (Wildman–Crippen LogP) is 1.13. The summed E-state index contributed by atoms with van der Waals surface area (Å²) in [4.78, 5) is 13.3. The van der Waals surface area contributed by atoms with E-state index >= 15 is 0 Å². The Morgan fingerprint density at radius 1 is 1.77 bits per heavy atom. The summed E-state index contributed by atoms with van der Waals surface area (Å²) < 4.78 is 4.88. The highest BCUT2D eigenvalue weighted by molar-refractivity contribution is 5.90. The average Bonchev–Trinajstić information content (AvgIpc) is 2.54. The molecule has 4 heteroatoms. The highest BCUT2D eigenvalue weighted by Gasteiger charge is 2.03. The lowest BCUT2D eigenvalue weighted by molar-refractivity contribution is -0.131. The molecule has 0 amide bonds. The normalized spacial score (nSPS) is 11.6. The summed E-state index contributed by atoms with van der Waals surface area (Å²) >= 11 is 0. The molecule has 1 aromatic rings. The van der Waals surface area contributed by atoms with E-state index in [1.54, 1.807) is 18.5 Å². The van der Waals surface area contributed by atoms with E-state index in [0.29, 0.717) is 12.2 Å². The van der Waals surface area contributed by atoms with Crippen LogP contribution in [0, 0.1) is 0 Å². The Hall–Kier alpha value is -1.55. The van der Waals surface area contributed by atoms with Gasteiger partial charge < -0.3 is 14.8 Å². The van der Waals surface area contributed by atoms with E-state index in [0.717, 1.165) is 11.6 Å². The predicted molar refractivity (Wildman–Crippen MR) is 48.3 cm³/mol. The van der Waals surface area contributed by atoms with Crippen LogP contribution in [0.2, 0.25) is 0 Å². The second-order valence-corrected chi connectivity index (χ2v) is 2.54. The second kappa shape index (κ2) is 4.47. The van der Waals surface area contributed by atoms with Crippen LogP contribution in [-0.2, 0) is 9.53 Å². The maximum atomic E-state index is 10.4. The molecule has 0 saturated carbocycles. The largest absolute Gasteiger partial charge is 0.478 e. The summed E-state index contributed by atoms with van der Waals surface area (Å²) in [6, 6.07) is 1.80. The zero-order valence-electron chi connectivity index (χ0n) is 7.28. The molecule has 0 unspecified atom stereocenters. The molecule has 0 aliphatic rings. The van der Waals surface area contributed by atoms with Gasteiger partial charge in [-0.1, -0.05) is 0 Å². The molecule has 1 aromatic heterocycles. The molecular weight excluding hydrogens is 170 g/mol. The van der Waals surface area contributed by atoms with Crippen LogP contribution in [0.25, 0.3) is 5.57 Å².